The molecule has 1 aliphatic carbocycles. The van der Waals surface area contributed by atoms with Gasteiger partial charge in [0, 0.05) is 27.3 Å². The van der Waals surface area contributed by atoms with E-state index >= 15 is 0 Å². The first-order chi connectivity index (χ1) is 14.4. The Kier molecular flexibility index (Phi) is 5.77. The summed E-state index contributed by atoms with van der Waals surface area (Å²) in [4.78, 5) is 12.3. The minimum Gasteiger partial charge on any atom is -0.442 e. The monoisotopic (exact) mass is 465 g/mol. The first-order valence-electron chi connectivity index (χ1n) is 9.96. The number of amides is 1. The van der Waals surface area contributed by atoms with Crippen LogP contribution >= 0.6 is 15.9 Å². The minimum absolute atomic E-state index is 0.174. The molecule has 30 heavy (non-hydrogen) atoms. The van der Waals surface area contributed by atoms with Gasteiger partial charge in [0.25, 0.3) is 0 Å². The predicted molar refractivity (Wildman–Crippen MR) is 122 cm³/mol. The summed E-state index contributed by atoms with van der Waals surface area (Å²) < 4.78 is 8.59. The molecular weight excluding hydrogens is 442 g/mol. The lowest BCUT2D eigenvalue weighted by Gasteiger charge is -2.15. The van der Waals surface area contributed by atoms with E-state index in [0.29, 0.717) is 5.69 Å². The van der Waals surface area contributed by atoms with Crippen molar-refractivity contribution in [3.63, 3.8) is 0 Å². The Balaban J connectivity index is 1.45. The van der Waals surface area contributed by atoms with Crippen LogP contribution in [0, 0.1) is 20.8 Å². The summed E-state index contributed by atoms with van der Waals surface area (Å²) >= 11 is 3.38. The van der Waals surface area contributed by atoms with Gasteiger partial charge in [-0.15, -0.1) is 0 Å². The molecule has 154 valence electrons. The van der Waals surface area contributed by atoms with E-state index in [2.05, 4.69) is 53.3 Å². The van der Waals surface area contributed by atoms with E-state index in [-0.39, 0.29) is 12.0 Å². The number of anilines is 1. The second kappa shape index (κ2) is 8.48. The second-order valence-corrected chi connectivity index (χ2v) is 8.50. The van der Waals surface area contributed by atoms with Gasteiger partial charge < -0.3 is 4.74 Å². The van der Waals surface area contributed by atoms with E-state index in [4.69, 9.17) is 9.84 Å². The molecule has 2 aromatic carbocycles. The number of halogens is 1. The highest BCUT2D eigenvalue weighted by atomic mass is 79.9. The fourth-order valence-electron chi connectivity index (χ4n) is 4.01. The Morgan fingerprint density at radius 1 is 1.10 bits per heavy atom. The summed E-state index contributed by atoms with van der Waals surface area (Å²) in [6.07, 6.45) is 4.10. The van der Waals surface area contributed by atoms with Crippen LogP contribution in [0.3, 0.4) is 0 Å². The maximum Gasteiger partial charge on any atom is 0.412 e. The number of carbonyl (C=O) groups excluding carboxylic acids is 1. The number of carbonyl (C=O) groups is 1. The number of rotatable bonds is 4. The topological polar surface area (TPSA) is 56.2 Å². The Bertz CT molecular complexity index is 1100. The van der Waals surface area contributed by atoms with Gasteiger partial charge in [-0.1, -0.05) is 40.2 Å². The van der Waals surface area contributed by atoms with Crippen molar-refractivity contribution in [1.82, 2.24) is 9.78 Å². The minimum atomic E-state index is -0.448. The predicted octanol–water partition coefficient (Wildman–Crippen LogP) is 6.22. The highest BCUT2D eigenvalue weighted by molar-refractivity contribution is 9.10. The quantitative estimate of drug-likeness (QED) is 0.465. The third-order valence-electron chi connectivity index (χ3n) is 5.46. The maximum absolute atomic E-state index is 12.3. The molecule has 4 rings (SSSR count). The summed E-state index contributed by atoms with van der Waals surface area (Å²) in [5.74, 6) is 0.174. The highest BCUT2D eigenvalue weighted by Gasteiger charge is 2.28. The number of benzene rings is 2. The van der Waals surface area contributed by atoms with Crippen LogP contribution in [-0.2, 0) is 4.74 Å². The van der Waals surface area contributed by atoms with Crippen LogP contribution in [0.2, 0.25) is 0 Å². The molecule has 0 fully saturated rings. The average molecular weight is 466 g/mol. The van der Waals surface area contributed by atoms with Crippen LogP contribution in [0.25, 0.3) is 5.69 Å². The Morgan fingerprint density at radius 3 is 2.57 bits per heavy atom. The van der Waals surface area contributed by atoms with E-state index in [9.17, 15) is 4.79 Å². The number of aryl methyl sites for hydroxylation is 2. The fourth-order valence-corrected chi connectivity index (χ4v) is 4.28. The molecule has 0 aliphatic heterocycles. The molecule has 0 spiro atoms. The van der Waals surface area contributed by atoms with Crippen molar-refractivity contribution >= 4 is 27.7 Å². The number of nitrogens with one attached hydrogen (secondary N) is 1. The highest BCUT2D eigenvalue weighted by Crippen LogP contribution is 2.35. The van der Waals surface area contributed by atoms with Crippen molar-refractivity contribution in [3.05, 3.63) is 87.7 Å². The molecule has 1 aliphatic rings. The summed E-state index contributed by atoms with van der Waals surface area (Å²) in [6.45, 7) is 6.23. The van der Waals surface area contributed by atoms with E-state index < -0.39 is 6.09 Å². The average Bonchev–Trinajstić information content (AvgIpc) is 3.27. The van der Waals surface area contributed by atoms with E-state index in [1.165, 1.54) is 11.1 Å². The van der Waals surface area contributed by atoms with Crippen molar-refractivity contribution in [3.8, 4) is 5.69 Å². The summed E-state index contributed by atoms with van der Waals surface area (Å²) in [5, 5.41) is 7.57. The number of nitrogens with zero attached hydrogens (tertiary/aromatic N) is 2. The van der Waals surface area contributed by atoms with Crippen LogP contribution in [0.1, 0.15) is 34.9 Å². The van der Waals surface area contributed by atoms with Gasteiger partial charge in [0.15, 0.2) is 0 Å². The smallest absolute Gasteiger partial charge is 0.412 e. The van der Waals surface area contributed by atoms with Gasteiger partial charge in [-0.3, -0.25) is 5.32 Å². The summed E-state index contributed by atoms with van der Waals surface area (Å²) in [6, 6.07) is 15.6. The molecule has 0 bridgehead atoms. The molecule has 2 unspecified atom stereocenters. The third-order valence-corrected chi connectivity index (χ3v) is 5.98. The molecule has 5 nitrogen and oxygen atoms in total. The van der Waals surface area contributed by atoms with Gasteiger partial charge >= 0.3 is 6.09 Å². The summed E-state index contributed by atoms with van der Waals surface area (Å²) in [7, 11) is 0. The van der Waals surface area contributed by atoms with E-state index in [0.717, 1.165) is 28.0 Å². The SMILES string of the molecule is Cc1ccccc1-n1nc(C)c(C2C=CC(OC(=O)Nc3ccc(Br)cc3)C2)c1C. The fraction of sp³-hybridized carbons (Fsp3) is 0.250. The molecule has 1 aromatic heterocycles. The second-order valence-electron chi connectivity index (χ2n) is 7.59. The Morgan fingerprint density at radius 2 is 1.83 bits per heavy atom. The van der Waals surface area contributed by atoms with Crippen LogP contribution in [0.4, 0.5) is 10.5 Å². The number of aromatic nitrogens is 2. The van der Waals surface area contributed by atoms with Gasteiger partial charge in [0.05, 0.1) is 11.4 Å². The largest absolute Gasteiger partial charge is 0.442 e. The van der Waals surface area contributed by atoms with Crippen LogP contribution in [-0.4, -0.2) is 22.0 Å². The summed E-state index contributed by atoms with van der Waals surface area (Å²) in [5.41, 5.74) is 6.30. The molecule has 2 atom stereocenters. The molecule has 6 heteroatoms. The van der Waals surface area contributed by atoms with Crippen LogP contribution < -0.4 is 5.32 Å². The number of hydrogen-bond donors (Lipinski definition) is 1. The molecule has 1 N–H and O–H groups in total. The number of ether oxygens (including phenoxy) is 1. The number of para-hydroxylation sites is 1. The van der Waals surface area contributed by atoms with Crippen molar-refractivity contribution in [2.75, 3.05) is 5.32 Å². The zero-order chi connectivity index (χ0) is 21.3. The van der Waals surface area contributed by atoms with Gasteiger partial charge in [-0.2, -0.15) is 5.10 Å². The lowest BCUT2D eigenvalue weighted by Crippen LogP contribution is -2.20. The Labute approximate surface area is 184 Å². The molecule has 0 saturated heterocycles. The van der Waals surface area contributed by atoms with Crippen molar-refractivity contribution < 1.29 is 9.53 Å². The number of hydrogen-bond acceptors (Lipinski definition) is 3. The molecule has 0 saturated carbocycles. The zero-order valence-electron chi connectivity index (χ0n) is 17.2. The van der Waals surface area contributed by atoms with E-state index in [1.54, 1.807) is 0 Å². The zero-order valence-corrected chi connectivity index (χ0v) is 18.8. The van der Waals surface area contributed by atoms with Gasteiger partial charge in [-0.05, 0) is 69.2 Å². The molecule has 0 radical (unpaired) electrons. The maximum atomic E-state index is 12.3. The first-order valence-corrected chi connectivity index (χ1v) is 10.8. The molecule has 1 amide bonds. The van der Waals surface area contributed by atoms with Crippen LogP contribution in [0.15, 0.2) is 65.2 Å². The van der Waals surface area contributed by atoms with Gasteiger partial charge in [0.1, 0.15) is 6.10 Å². The normalized spacial score (nSPS) is 17.9. The lowest BCUT2D eigenvalue weighted by atomic mass is 9.96. The Hall–Kier alpha value is -2.86. The van der Waals surface area contributed by atoms with Crippen molar-refractivity contribution in [1.29, 1.82) is 0 Å². The van der Waals surface area contributed by atoms with Gasteiger partial charge in [-0.25, -0.2) is 9.48 Å². The lowest BCUT2D eigenvalue weighted by molar-refractivity contribution is 0.132. The van der Waals surface area contributed by atoms with E-state index in [1.807, 2.05) is 54.1 Å². The van der Waals surface area contributed by atoms with Crippen molar-refractivity contribution in [2.24, 2.45) is 0 Å². The standard InChI is InChI=1S/C24H24BrN3O2/c1-15-6-4-5-7-22(15)28-17(3)23(16(2)27-28)18-8-13-21(14-18)30-24(29)26-20-11-9-19(25)10-12-20/h4-13,18,21H,14H2,1-3H3,(H,26,29). The molecule has 3 aromatic rings. The third kappa shape index (κ3) is 4.19. The molecule has 1 heterocycles. The first kappa shape index (κ1) is 20.4. The molecular formula is C24H24BrN3O2. The van der Waals surface area contributed by atoms with Crippen LogP contribution in [0.5, 0.6) is 0 Å². The van der Waals surface area contributed by atoms with Gasteiger partial charge in [0.2, 0.25) is 0 Å². The van der Waals surface area contributed by atoms with Crippen molar-refractivity contribution in [2.45, 2.75) is 39.2 Å². The number of allylic oxidation sites excluding steroid dienone is 1.